The summed E-state index contributed by atoms with van der Waals surface area (Å²) in [5.74, 6) is 0. The number of piperazine rings is 1. The molecule has 0 aromatic carbocycles. The number of hydrogen-bond acceptors (Lipinski definition) is 6. The van der Waals surface area contributed by atoms with Crippen molar-refractivity contribution in [2.75, 3.05) is 44.7 Å². The number of carbonyl (C=O) groups is 1. The van der Waals surface area contributed by atoms with Crippen molar-refractivity contribution in [2.24, 2.45) is 4.99 Å². The number of fused-ring (bicyclic) bond motifs is 1. The van der Waals surface area contributed by atoms with E-state index in [1.54, 1.807) is 0 Å². The van der Waals surface area contributed by atoms with Crippen molar-refractivity contribution < 1.29 is 4.79 Å². The Morgan fingerprint density at radius 3 is 2.52 bits per heavy atom. The fourth-order valence-electron chi connectivity index (χ4n) is 2.95. The number of carbonyl (C=O) groups excluding carboxylic acids is 1. The maximum absolute atomic E-state index is 11.5. The van der Waals surface area contributed by atoms with Crippen LogP contribution in [0.2, 0.25) is 0 Å². The molecule has 0 saturated carbocycles. The van der Waals surface area contributed by atoms with Gasteiger partial charge in [0.05, 0.1) is 28.0 Å². The first-order valence-electron chi connectivity index (χ1n) is 10.7. The lowest BCUT2D eigenvalue weighted by molar-refractivity contribution is 0.112. The first-order valence-corrected chi connectivity index (χ1v) is 11.5. The summed E-state index contributed by atoms with van der Waals surface area (Å²) in [6.45, 7) is 15.1. The lowest BCUT2D eigenvalue weighted by Gasteiger charge is -2.30. The number of aldehydes is 1. The van der Waals surface area contributed by atoms with Crippen LogP contribution in [0.1, 0.15) is 57.1 Å². The van der Waals surface area contributed by atoms with E-state index in [0.29, 0.717) is 4.88 Å². The van der Waals surface area contributed by atoms with E-state index in [1.165, 1.54) is 17.8 Å². The molecule has 7 heteroatoms. The second-order valence-corrected chi connectivity index (χ2v) is 7.64. The van der Waals surface area contributed by atoms with Gasteiger partial charge in [-0.05, 0) is 12.5 Å². The van der Waals surface area contributed by atoms with Gasteiger partial charge in [-0.3, -0.25) is 4.79 Å². The number of anilines is 1. The van der Waals surface area contributed by atoms with Crippen molar-refractivity contribution in [3.8, 4) is 0 Å². The zero-order valence-electron chi connectivity index (χ0n) is 18.9. The van der Waals surface area contributed by atoms with Gasteiger partial charge in [-0.25, -0.2) is 9.98 Å². The Morgan fingerprint density at radius 2 is 1.93 bits per heavy atom. The molecule has 2 aromatic heterocycles. The van der Waals surface area contributed by atoms with Gasteiger partial charge in [0, 0.05) is 46.0 Å². The first-order chi connectivity index (χ1) is 14.2. The molecule has 1 fully saturated rings. The monoisotopic (exact) mass is 419 g/mol. The number of nitrogens with zero attached hydrogens (tertiary/aromatic N) is 4. The highest BCUT2D eigenvalue weighted by molar-refractivity contribution is 7.21. The normalized spacial score (nSPS) is 13.5. The maximum Gasteiger partial charge on any atom is 0.162 e. The van der Waals surface area contributed by atoms with Gasteiger partial charge in [-0.2, -0.15) is 0 Å². The molecule has 3 heterocycles. The molecule has 0 unspecified atom stereocenters. The third-order valence-electron chi connectivity index (χ3n) is 4.10. The fraction of sp³-hybridized carbons (Fsp3) is 0.591. The zero-order valence-corrected chi connectivity index (χ0v) is 19.7. The van der Waals surface area contributed by atoms with E-state index in [4.69, 9.17) is 0 Å². The Hall–Kier alpha value is -1.99. The summed E-state index contributed by atoms with van der Waals surface area (Å²) in [6.07, 6.45) is 6.83. The highest BCUT2D eigenvalue weighted by atomic mass is 32.1. The maximum atomic E-state index is 11.5. The quantitative estimate of drug-likeness (QED) is 0.407. The molecule has 0 bridgehead atoms. The number of pyridine rings is 1. The Kier molecular flexibility index (Phi) is 12.1. The van der Waals surface area contributed by atoms with Crippen LogP contribution < -0.4 is 10.2 Å². The smallest absolute Gasteiger partial charge is 0.162 e. The van der Waals surface area contributed by atoms with Gasteiger partial charge in [0.1, 0.15) is 4.83 Å². The van der Waals surface area contributed by atoms with Gasteiger partial charge in [0.15, 0.2) is 6.29 Å². The third kappa shape index (κ3) is 7.08. The average Bonchev–Trinajstić information content (AvgIpc) is 3.13. The summed E-state index contributed by atoms with van der Waals surface area (Å²) >= 11 is 1.41. The van der Waals surface area contributed by atoms with E-state index in [-0.39, 0.29) is 0 Å². The van der Waals surface area contributed by atoms with E-state index in [2.05, 4.69) is 41.0 Å². The van der Waals surface area contributed by atoms with Crippen LogP contribution in [0.4, 0.5) is 11.4 Å². The second kappa shape index (κ2) is 14.1. The molecule has 0 spiro atoms. The van der Waals surface area contributed by atoms with Crippen LogP contribution in [0.25, 0.3) is 10.2 Å². The third-order valence-corrected chi connectivity index (χ3v) is 5.11. The molecule has 0 radical (unpaired) electrons. The minimum absolute atomic E-state index is 0.640. The van der Waals surface area contributed by atoms with Crippen LogP contribution in [0.15, 0.2) is 17.3 Å². The molecule has 1 aliphatic rings. The minimum atomic E-state index is 0.640. The molecule has 1 aliphatic heterocycles. The van der Waals surface area contributed by atoms with Crippen molar-refractivity contribution in [3.63, 3.8) is 0 Å². The molecule has 2 aromatic rings. The highest BCUT2D eigenvalue weighted by Gasteiger charge is 2.20. The minimum Gasteiger partial charge on any atom is -0.368 e. The standard InChI is InChI=1S/C17H23N5OS.C3H8.C2H6/c1-3-8-21(2)12-20-16-14(11-23)24-17-15(16)13(4-5-19-17)22-9-6-18-7-10-22;1-3-2;1-2/h4-5,11-12,18H,3,6-10H2,1-2H3;3H2,1-2H3;1-2H3. The number of aliphatic imine (C=N–C) groups is 1. The van der Waals surface area contributed by atoms with Crippen molar-refractivity contribution in [3.05, 3.63) is 17.1 Å². The highest BCUT2D eigenvalue weighted by Crippen LogP contribution is 2.41. The van der Waals surface area contributed by atoms with Crippen molar-refractivity contribution in [1.82, 2.24) is 15.2 Å². The predicted molar refractivity (Wildman–Crippen MR) is 128 cm³/mol. The van der Waals surface area contributed by atoms with Gasteiger partial charge in [-0.1, -0.05) is 41.0 Å². The number of nitrogens with one attached hydrogen (secondary N) is 1. The number of thiophene rings is 1. The lowest BCUT2D eigenvalue weighted by atomic mass is 10.2. The van der Waals surface area contributed by atoms with Crippen molar-refractivity contribution in [1.29, 1.82) is 0 Å². The molecular weight excluding hydrogens is 382 g/mol. The Morgan fingerprint density at radius 1 is 1.28 bits per heavy atom. The predicted octanol–water partition coefficient (Wildman–Crippen LogP) is 4.96. The van der Waals surface area contributed by atoms with Crippen LogP contribution in [0.3, 0.4) is 0 Å². The molecular formula is C22H37N5OS. The van der Waals surface area contributed by atoms with Gasteiger partial charge in [0.25, 0.3) is 0 Å². The van der Waals surface area contributed by atoms with Crippen molar-refractivity contribution >= 4 is 45.6 Å². The summed E-state index contributed by atoms with van der Waals surface area (Å²) in [6, 6.07) is 2.03. The number of rotatable bonds is 6. The van der Waals surface area contributed by atoms with Gasteiger partial charge < -0.3 is 15.1 Å². The van der Waals surface area contributed by atoms with Gasteiger partial charge in [-0.15, -0.1) is 11.3 Å². The topological polar surface area (TPSA) is 60.8 Å². The largest absolute Gasteiger partial charge is 0.368 e. The Labute approximate surface area is 180 Å². The molecule has 29 heavy (non-hydrogen) atoms. The summed E-state index contributed by atoms with van der Waals surface area (Å²) in [7, 11) is 2.00. The van der Waals surface area contributed by atoms with Crippen LogP contribution in [0, 0.1) is 0 Å². The SMILES string of the molecule is CC.CCC.CCCN(C)C=Nc1c(C=O)sc2nccc(N3CCNCC3)c12. The number of aromatic nitrogens is 1. The molecule has 1 saturated heterocycles. The summed E-state index contributed by atoms with van der Waals surface area (Å²) in [5, 5.41) is 4.36. The molecule has 0 amide bonds. The first kappa shape index (κ1) is 25.0. The van der Waals surface area contributed by atoms with Gasteiger partial charge in [0.2, 0.25) is 0 Å². The van der Waals surface area contributed by atoms with E-state index in [1.807, 2.05) is 44.4 Å². The number of hydrogen-bond donors (Lipinski definition) is 1. The molecule has 1 N–H and O–H groups in total. The van der Waals surface area contributed by atoms with Crippen LogP contribution in [-0.2, 0) is 0 Å². The Bertz CT molecular complexity index is 753. The molecule has 6 nitrogen and oxygen atoms in total. The van der Waals surface area contributed by atoms with E-state index in [9.17, 15) is 4.79 Å². The van der Waals surface area contributed by atoms with E-state index < -0.39 is 0 Å². The Balaban J connectivity index is 0.000000771. The molecule has 0 atom stereocenters. The van der Waals surface area contributed by atoms with Crippen LogP contribution >= 0.6 is 11.3 Å². The van der Waals surface area contributed by atoms with E-state index >= 15 is 0 Å². The van der Waals surface area contributed by atoms with Gasteiger partial charge >= 0.3 is 0 Å². The van der Waals surface area contributed by atoms with E-state index in [0.717, 1.165) is 67.0 Å². The zero-order chi connectivity index (χ0) is 21.6. The summed E-state index contributed by atoms with van der Waals surface area (Å²) < 4.78 is 0. The molecule has 3 rings (SSSR count). The van der Waals surface area contributed by atoms with Crippen LogP contribution in [-0.4, -0.2) is 62.3 Å². The molecule has 162 valence electrons. The lowest BCUT2D eigenvalue weighted by Crippen LogP contribution is -2.43. The summed E-state index contributed by atoms with van der Waals surface area (Å²) in [5.41, 5.74) is 1.87. The average molecular weight is 420 g/mol. The fourth-order valence-corrected chi connectivity index (χ4v) is 3.88. The van der Waals surface area contributed by atoms with Crippen LogP contribution in [0.5, 0.6) is 0 Å². The summed E-state index contributed by atoms with van der Waals surface area (Å²) in [4.78, 5) is 26.5. The van der Waals surface area contributed by atoms with Crippen molar-refractivity contribution in [2.45, 2.75) is 47.5 Å². The second-order valence-electron chi connectivity index (χ2n) is 6.61. The molecule has 0 aliphatic carbocycles.